The van der Waals surface area contributed by atoms with Crippen molar-refractivity contribution in [1.82, 2.24) is 15.6 Å². The Kier molecular flexibility index (Phi) is 5.86. The number of nitrogens with one attached hydrogen (secondary N) is 2. The first-order valence-electron chi connectivity index (χ1n) is 7.23. The van der Waals surface area contributed by atoms with E-state index in [1.54, 1.807) is 18.0 Å². The average Bonchev–Trinajstić information content (AvgIpc) is 2.92. The predicted molar refractivity (Wildman–Crippen MR) is 83.7 cm³/mol. The predicted octanol–water partition coefficient (Wildman–Crippen LogP) is 1.96. The smallest absolute Gasteiger partial charge is 0.235 e. The van der Waals surface area contributed by atoms with Gasteiger partial charge in [0, 0.05) is 25.5 Å². The fourth-order valence-corrected chi connectivity index (χ4v) is 3.53. The minimum atomic E-state index is -0.191. The maximum Gasteiger partial charge on any atom is 0.235 e. The van der Waals surface area contributed by atoms with Crippen LogP contribution in [0.25, 0.3) is 0 Å². The van der Waals surface area contributed by atoms with Gasteiger partial charge in [0.25, 0.3) is 0 Å². The summed E-state index contributed by atoms with van der Waals surface area (Å²) in [5, 5.41) is 6.41. The van der Waals surface area contributed by atoms with Crippen LogP contribution in [-0.2, 0) is 11.3 Å². The molecule has 0 aromatic carbocycles. The zero-order valence-electron chi connectivity index (χ0n) is 12.0. The quantitative estimate of drug-likeness (QED) is 0.755. The molecule has 1 aliphatic rings. The molecular formula is C15H23N3OS. The van der Waals surface area contributed by atoms with Crippen molar-refractivity contribution in [2.45, 2.75) is 37.5 Å². The summed E-state index contributed by atoms with van der Waals surface area (Å²) in [5.41, 5.74) is 1.19. The van der Waals surface area contributed by atoms with Crippen LogP contribution in [-0.4, -0.2) is 34.5 Å². The lowest BCUT2D eigenvalue weighted by atomic mass is 10.1. The van der Waals surface area contributed by atoms with Crippen LogP contribution < -0.4 is 10.6 Å². The molecule has 5 heteroatoms. The van der Waals surface area contributed by atoms with Crippen LogP contribution in [0, 0.1) is 0 Å². The van der Waals surface area contributed by atoms with Gasteiger partial charge in [-0.05, 0) is 50.1 Å². The Balaban J connectivity index is 1.54. The molecule has 0 aliphatic carbocycles. The van der Waals surface area contributed by atoms with Crippen LogP contribution in [0.4, 0.5) is 0 Å². The topological polar surface area (TPSA) is 54.0 Å². The molecule has 110 valence electrons. The van der Waals surface area contributed by atoms with Gasteiger partial charge in [-0.3, -0.25) is 9.78 Å². The van der Waals surface area contributed by atoms with Crippen LogP contribution in [0.15, 0.2) is 24.5 Å². The Bertz CT molecular complexity index is 418. The summed E-state index contributed by atoms with van der Waals surface area (Å²) in [6.07, 6.45) is 6.75. The molecule has 1 fully saturated rings. The molecule has 20 heavy (non-hydrogen) atoms. The van der Waals surface area contributed by atoms with Gasteiger partial charge in [-0.2, -0.15) is 0 Å². The first-order valence-corrected chi connectivity index (χ1v) is 8.21. The number of rotatable bonds is 7. The zero-order valence-corrected chi connectivity index (χ0v) is 12.8. The van der Waals surface area contributed by atoms with Crippen LogP contribution in [0.3, 0.4) is 0 Å². The molecule has 1 unspecified atom stereocenters. The summed E-state index contributed by atoms with van der Waals surface area (Å²) in [5.74, 6) is 1.31. The number of amides is 1. The van der Waals surface area contributed by atoms with E-state index in [2.05, 4.69) is 28.6 Å². The highest BCUT2D eigenvalue weighted by molar-refractivity contribution is 8.01. The Morgan fingerprint density at radius 1 is 1.50 bits per heavy atom. The minimum Gasteiger partial charge on any atom is -0.355 e. The Hall–Kier alpha value is -1.07. The first kappa shape index (κ1) is 15.3. The highest BCUT2D eigenvalue weighted by Crippen LogP contribution is 2.37. The van der Waals surface area contributed by atoms with Gasteiger partial charge in [-0.1, -0.05) is 6.07 Å². The van der Waals surface area contributed by atoms with Crippen molar-refractivity contribution in [1.29, 1.82) is 0 Å². The van der Waals surface area contributed by atoms with E-state index in [1.165, 1.54) is 5.56 Å². The summed E-state index contributed by atoms with van der Waals surface area (Å²) in [6.45, 7) is 4.53. The van der Waals surface area contributed by atoms with Crippen LogP contribution >= 0.6 is 11.8 Å². The van der Waals surface area contributed by atoms with Gasteiger partial charge >= 0.3 is 0 Å². The molecule has 1 atom stereocenters. The van der Waals surface area contributed by atoms with Crippen molar-refractivity contribution < 1.29 is 4.79 Å². The van der Waals surface area contributed by atoms with E-state index >= 15 is 0 Å². The highest BCUT2D eigenvalue weighted by Gasteiger charge is 2.36. The summed E-state index contributed by atoms with van der Waals surface area (Å²) in [7, 11) is 0. The molecule has 1 aromatic rings. The molecule has 2 rings (SSSR count). The van der Waals surface area contributed by atoms with Gasteiger partial charge in [0.2, 0.25) is 5.91 Å². The van der Waals surface area contributed by atoms with Crippen molar-refractivity contribution in [2.75, 3.05) is 18.8 Å². The van der Waals surface area contributed by atoms with Gasteiger partial charge in [0.15, 0.2) is 0 Å². The van der Waals surface area contributed by atoms with E-state index in [0.717, 1.165) is 44.6 Å². The Labute approximate surface area is 125 Å². The van der Waals surface area contributed by atoms with Crippen molar-refractivity contribution >= 4 is 17.7 Å². The van der Waals surface area contributed by atoms with Gasteiger partial charge in [-0.15, -0.1) is 11.8 Å². The number of carbonyl (C=O) groups is 1. The van der Waals surface area contributed by atoms with Gasteiger partial charge in [0.05, 0.1) is 4.75 Å². The molecule has 0 radical (unpaired) electrons. The SMILES string of the molecule is CC1(C(=O)NCCCNCc2cccnc2)CCCS1. The maximum absolute atomic E-state index is 12.1. The van der Waals surface area contributed by atoms with E-state index in [1.807, 2.05) is 12.3 Å². The minimum absolute atomic E-state index is 0.191. The summed E-state index contributed by atoms with van der Waals surface area (Å²) in [4.78, 5) is 16.1. The van der Waals surface area contributed by atoms with E-state index in [9.17, 15) is 4.79 Å². The lowest BCUT2D eigenvalue weighted by Gasteiger charge is -2.21. The molecule has 0 spiro atoms. The van der Waals surface area contributed by atoms with E-state index in [0.29, 0.717) is 0 Å². The van der Waals surface area contributed by atoms with E-state index in [4.69, 9.17) is 0 Å². The lowest BCUT2D eigenvalue weighted by molar-refractivity contribution is -0.123. The molecule has 1 amide bonds. The normalized spacial score (nSPS) is 21.9. The van der Waals surface area contributed by atoms with Crippen molar-refractivity contribution in [3.05, 3.63) is 30.1 Å². The summed E-state index contributed by atoms with van der Waals surface area (Å²) >= 11 is 1.78. The number of hydrogen-bond donors (Lipinski definition) is 2. The van der Waals surface area contributed by atoms with E-state index in [-0.39, 0.29) is 10.7 Å². The van der Waals surface area contributed by atoms with Crippen molar-refractivity contribution in [3.8, 4) is 0 Å². The molecule has 4 nitrogen and oxygen atoms in total. The fourth-order valence-electron chi connectivity index (χ4n) is 2.30. The maximum atomic E-state index is 12.1. The van der Waals surface area contributed by atoms with Crippen molar-refractivity contribution in [2.24, 2.45) is 0 Å². The lowest BCUT2D eigenvalue weighted by Crippen LogP contribution is -2.41. The van der Waals surface area contributed by atoms with Gasteiger partial charge < -0.3 is 10.6 Å². The molecule has 2 N–H and O–H groups in total. The highest BCUT2D eigenvalue weighted by atomic mass is 32.2. The number of nitrogens with zero attached hydrogens (tertiary/aromatic N) is 1. The Morgan fingerprint density at radius 3 is 3.10 bits per heavy atom. The third-order valence-corrected chi connectivity index (χ3v) is 5.09. The number of pyridine rings is 1. The number of aromatic nitrogens is 1. The Morgan fingerprint density at radius 2 is 2.40 bits per heavy atom. The first-order chi connectivity index (χ1) is 9.71. The van der Waals surface area contributed by atoms with E-state index < -0.39 is 0 Å². The monoisotopic (exact) mass is 293 g/mol. The third-order valence-electron chi connectivity index (χ3n) is 3.57. The molecule has 0 bridgehead atoms. The fraction of sp³-hybridized carbons (Fsp3) is 0.600. The second-order valence-electron chi connectivity index (χ2n) is 5.33. The number of hydrogen-bond acceptors (Lipinski definition) is 4. The molecule has 1 saturated heterocycles. The summed E-state index contributed by atoms with van der Waals surface area (Å²) in [6, 6.07) is 4.00. The third kappa shape index (κ3) is 4.49. The van der Waals surface area contributed by atoms with Crippen molar-refractivity contribution in [3.63, 3.8) is 0 Å². The summed E-state index contributed by atoms with van der Waals surface area (Å²) < 4.78 is -0.191. The van der Waals surface area contributed by atoms with Gasteiger partial charge in [-0.25, -0.2) is 0 Å². The number of thioether (sulfide) groups is 1. The molecule has 0 saturated carbocycles. The second-order valence-corrected chi connectivity index (χ2v) is 6.93. The molecule has 1 aromatic heterocycles. The largest absolute Gasteiger partial charge is 0.355 e. The van der Waals surface area contributed by atoms with Gasteiger partial charge in [0.1, 0.15) is 0 Å². The van der Waals surface area contributed by atoms with Crippen LogP contribution in [0.1, 0.15) is 31.7 Å². The number of carbonyl (C=O) groups excluding carboxylic acids is 1. The average molecular weight is 293 g/mol. The molecular weight excluding hydrogens is 270 g/mol. The zero-order chi connectivity index (χ0) is 14.3. The standard InChI is InChI=1S/C15H23N3OS/c1-15(6-3-10-20-15)14(19)18-9-4-8-17-12-13-5-2-7-16-11-13/h2,5,7,11,17H,3-4,6,8-10,12H2,1H3,(H,18,19). The molecule has 2 heterocycles. The van der Waals surface area contributed by atoms with Crippen LogP contribution in [0.2, 0.25) is 0 Å². The second kappa shape index (κ2) is 7.64. The molecule has 1 aliphatic heterocycles. The van der Waals surface area contributed by atoms with Crippen LogP contribution in [0.5, 0.6) is 0 Å².